The number of carbonyl (C=O) groups is 2. The maximum atomic E-state index is 12.3. The van der Waals surface area contributed by atoms with Gasteiger partial charge in [0.15, 0.2) is 5.78 Å². The molecule has 3 aromatic carbocycles. The predicted octanol–water partition coefficient (Wildman–Crippen LogP) is 8.02. The zero-order valence-electron chi connectivity index (χ0n) is 18.4. The first-order valence-corrected chi connectivity index (χ1v) is 11.7. The Labute approximate surface area is 204 Å². The van der Waals surface area contributed by atoms with Crippen molar-refractivity contribution in [3.05, 3.63) is 87.9 Å². The van der Waals surface area contributed by atoms with Crippen molar-refractivity contribution in [2.24, 2.45) is 0 Å². The lowest BCUT2D eigenvalue weighted by Gasteiger charge is -2.20. The molecule has 0 aliphatic rings. The van der Waals surface area contributed by atoms with E-state index in [4.69, 9.17) is 33.0 Å². The topological polar surface area (TPSA) is 63.6 Å². The van der Waals surface area contributed by atoms with Gasteiger partial charge >= 0.3 is 5.97 Å². The minimum absolute atomic E-state index is 0.000617. The third-order valence-corrected chi connectivity index (χ3v) is 5.71. The van der Waals surface area contributed by atoms with E-state index in [1.54, 1.807) is 18.2 Å². The lowest BCUT2D eigenvalue weighted by atomic mass is 10.00. The van der Waals surface area contributed by atoms with Gasteiger partial charge in [-0.2, -0.15) is 0 Å². The predicted molar refractivity (Wildman–Crippen MR) is 132 cm³/mol. The summed E-state index contributed by atoms with van der Waals surface area (Å²) in [6.45, 7) is 2.10. The van der Waals surface area contributed by atoms with Crippen LogP contribution in [0.25, 0.3) is 11.1 Å². The van der Waals surface area contributed by atoms with Crippen LogP contribution >= 0.6 is 23.2 Å². The number of carbonyl (C=O) groups excluding carboxylic acids is 1. The van der Waals surface area contributed by atoms with Gasteiger partial charge in [-0.05, 0) is 59.9 Å². The number of aliphatic carboxylic acids is 1. The van der Waals surface area contributed by atoms with Crippen molar-refractivity contribution in [3.63, 3.8) is 0 Å². The number of ether oxygens (including phenoxy) is 1. The molecule has 0 saturated heterocycles. The van der Waals surface area contributed by atoms with Crippen LogP contribution in [0, 0.1) is 0 Å². The first-order valence-electron chi connectivity index (χ1n) is 10.9. The van der Waals surface area contributed by atoms with Crippen LogP contribution in [0.15, 0.2) is 66.7 Å². The maximum absolute atomic E-state index is 12.3. The zero-order valence-corrected chi connectivity index (χ0v) is 19.9. The standard InChI is InChI=1S/C27H26Cl2O4/c1-2-4-26(20-9-7-19(8-10-20)25(30)5-3-6-27(31)32)33-24-13-11-18(12-14-24)21-15-22(28)17-23(29)16-21/h7-17,26H,2-6H2,1H3,(H,31,32). The van der Waals surface area contributed by atoms with E-state index in [1.807, 2.05) is 48.5 Å². The van der Waals surface area contributed by atoms with Gasteiger partial charge in [0, 0.05) is 28.5 Å². The van der Waals surface area contributed by atoms with Gasteiger partial charge in [0.1, 0.15) is 11.9 Å². The summed E-state index contributed by atoms with van der Waals surface area (Å²) in [6, 6.07) is 20.6. The molecule has 3 aromatic rings. The maximum Gasteiger partial charge on any atom is 0.303 e. The Balaban J connectivity index is 1.69. The molecule has 1 N–H and O–H groups in total. The van der Waals surface area contributed by atoms with E-state index in [1.165, 1.54) is 0 Å². The van der Waals surface area contributed by atoms with Crippen molar-refractivity contribution in [3.8, 4) is 16.9 Å². The van der Waals surface area contributed by atoms with Crippen LogP contribution in [-0.4, -0.2) is 16.9 Å². The Morgan fingerprint density at radius 2 is 1.52 bits per heavy atom. The summed E-state index contributed by atoms with van der Waals surface area (Å²) in [5, 5.41) is 9.90. The van der Waals surface area contributed by atoms with Crippen molar-refractivity contribution in [1.82, 2.24) is 0 Å². The second kappa shape index (κ2) is 11.9. The minimum atomic E-state index is -0.887. The van der Waals surface area contributed by atoms with Gasteiger partial charge in [0.2, 0.25) is 0 Å². The Hall–Kier alpha value is -2.82. The van der Waals surface area contributed by atoms with Crippen LogP contribution in [0.4, 0.5) is 0 Å². The Morgan fingerprint density at radius 1 is 0.879 bits per heavy atom. The number of carboxylic acid groups (broad SMARTS) is 1. The molecular weight excluding hydrogens is 459 g/mol. The average Bonchev–Trinajstić information content (AvgIpc) is 2.78. The molecule has 0 fully saturated rings. The van der Waals surface area contributed by atoms with Gasteiger partial charge in [-0.25, -0.2) is 0 Å². The van der Waals surface area contributed by atoms with Crippen molar-refractivity contribution in [2.75, 3.05) is 0 Å². The molecule has 0 aliphatic carbocycles. The molecule has 33 heavy (non-hydrogen) atoms. The molecule has 0 amide bonds. The largest absolute Gasteiger partial charge is 0.486 e. The number of carboxylic acids is 1. The summed E-state index contributed by atoms with van der Waals surface area (Å²) in [6.07, 6.45) is 2.20. The quantitative estimate of drug-likeness (QED) is 0.279. The van der Waals surface area contributed by atoms with E-state index >= 15 is 0 Å². The fourth-order valence-electron chi connectivity index (χ4n) is 3.59. The van der Waals surface area contributed by atoms with Gasteiger partial charge in [-0.15, -0.1) is 0 Å². The lowest BCUT2D eigenvalue weighted by molar-refractivity contribution is -0.137. The molecule has 172 valence electrons. The molecule has 0 bridgehead atoms. The summed E-state index contributed by atoms with van der Waals surface area (Å²) in [5.74, 6) is -0.186. The molecule has 4 nitrogen and oxygen atoms in total. The van der Waals surface area contributed by atoms with E-state index in [9.17, 15) is 9.59 Å². The Morgan fingerprint density at radius 3 is 2.09 bits per heavy atom. The normalized spacial score (nSPS) is 11.7. The highest BCUT2D eigenvalue weighted by Crippen LogP contribution is 2.31. The van der Waals surface area contributed by atoms with Crippen molar-refractivity contribution >= 4 is 35.0 Å². The van der Waals surface area contributed by atoms with Crippen molar-refractivity contribution < 1.29 is 19.4 Å². The first kappa shape index (κ1) is 24.8. The summed E-state index contributed by atoms with van der Waals surface area (Å²) in [7, 11) is 0. The summed E-state index contributed by atoms with van der Waals surface area (Å²) < 4.78 is 6.27. The van der Waals surface area contributed by atoms with Crippen LogP contribution in [0.1, 0.15) is 61.1 Å². The van der Waals surface area contributed by atoms with E-state index < -0.39 is 5.97 Å². The lowest BCUT2D eigenvalue weighted by Crippen LogP contribution is -2.08. The van der Waals surface area contributed by atoms with Gasteiger partial charge < -0.3 is 9.84 Å². The van der Waals surface area contributed by atoms with E-state index in [-0.39, 0.29) is 24.7 Å². The minimum Gasteiger partial charge on any atom is -0.486 e. The highest BCUT2D eigenvalue weighted by Gasteiger charge is 2.15. The molecule has 3 rings (SSSR count). The van der Waals surface area contributed by atoms with E-state index in [0.29, 0.717) is 22.0 Å². The second-order valence-corrected chi connectivity index (χ2v) is 8.74. The molecule has 0 heterocycles. The number of hydrogen-bond acceptors (Lipinski definition) is 3. The van der Waals surface area contributed by atoms with Crippen LogP contribution in [0.3, 0.4) is 0 Å². The fraction of sp³-hybridized carbons (Fsp3) is 0.259. The van der Waals surface area contributed by atoms with Crippen LogP contribution in [0.2, 0.25) is 10.0 Å². The highest BCUT2D eigenvalue weighted by atomic mass is 35.5. The van der Waals surface area contributed by atoms with Crippen LogP contribution in [0.5, 0.6) is 5.75 Å². The van der Waals surface area contributed by atoms with Gasteiger partial charge in [0.25, 0.3) is 0 Å². The molecule has 0 aromatic heterocycles. The summed E-state index contributed by atoms with van der Waals surface area (Å²) >= 11 is 12.2. The SMILES string of the molecule is CCCC(Oc1ccc(-c2cc(Cl)cc(Cl)c2)cc1)c1ccc(C(=O)CCCC(=O)O)cc1. The monoisotopic (exact) mass is 484 g/mol. The molecule has 6 heteroatoms. The third kappa shape index (κ3) is 7.34. The zero-order chi connectivity index (χ0) is 23.8. The third-order valence-electron chi connectivity index (χ3n) is 5.28. The number of Topliss-reactive ketones (excluding diaryl/α,β-unsaturated/α-hetero) is 1. The number of benzene rings is 3. The fourth-order valence-corrected chi connectivity index (χ4v) is 4.12. The van der Waals surface area contributed by atoms with Crippen LogP contribution < -0.4 is 4.74 Å². The molecule has 0 aliphatic heterocycles. The summed E-state index contributed by atoms with van der Waals surface area (Å²) in [5.41, 5.74) is 3.51. The molecule has 1 unspecified atom stereocenters. The smallest absolute Gasteiger partial charge is 0.303 e. The van der Waals surface area contributed by atoms with Crippen molar-refractivity contribution in [1.29, 1.82) is 0 Å². The molecule has 0 spiro atoms. The van der Waals surface area contributed by atoms with Gasteiger partial charge in [-0.1, -0.05) is 72.9 Å². The van der Waals surface area contributed by atoms with E-state index in [0.717, 1.165) is 35.3 Å². The second-order valence-electron chi connectivity index (χ2n) is 7.87. The highest BCUT2D eigenvalue weighted by molar-refractivity contribution is 6.35. The van der Waals surface area contributed by atoms with Gasteiger partial charge in [-0.3, -0.25) is 9.59 Å². The first-order chi connectivity index (χ1) is 15.9. The number of ketones is 1. The number of rotatable bonds is 11. The van der Waals surface area contributed by atoms with Gasteiger partial charge in [0.05, 0.1) is 0 Å². The summed E-state index contributed by atoms with van der Waals surface area (Å²) in [4.78, 5) is 22.9. The number of hydrogen-bond donors (Lipinski definition) is 1. The Bertz CT molecular complexity index is 1070. The molecule has 0 saturated carbocycles. The number of halogens is 2. The van der Waals surface area contributed by atoms with E-state index in [2.05, 4.69) is 6.92 Å². The van der Waals surface area contributed by atoms with Crippen molar-refractivity contribution in [2.45, 2.75) is 45.1 Å². The molecule has 0 radical (unpaired) electrons. The average molecular weight is 485 g/mol. The molecule has 1 atom stereocenters. The van der Waals surface area contributed by atoms with Crippen LogP contribution in [-0.2, 0) is 4.79 Å². The molecular formula is C27H26Cl2O4. The Kier molecular flexibility index (Phi) is 8.93.